The molecule has 0 atom stereocenters. The summed E-state index contributed by atoms with van der Waals surface area (Å²) >= 11 is 4.28. The molecule has 1 amide bonds. The van der Waals surface area contributed by atoms with Crippen LogP contribution in [0.15, 0.2) is 28.9 Å². The van der Waals surface area contributed by atoms with Crippen LogP contribution < -0.4 is 5.32 Å². The van der Waals surface area contributed by atoms with E-state index in [2.05, 4.69) is 22.9 Å². The van der Waals surface area contributed by atoms with Crippen molar-refractivity contribution in [3.05, 3.63) is 35.5 Å². The minimum atomic E-state index is -0.415. The molecule has 98 valence electrons. The van der Waals surface area contributed by atoms with Gasteiger partial charge in [-0.05, 0) is 12.1 Å². The summed E-state index contributed by atoms with van der Waals surface area (Å²) in [5, 5.41) is 12.8. The van der Waals surface area contributed by atoms with E-state index in [-0.39, 0.29) is 17.2 Å². The number of aromatic nitrogens is 1. The highest BCUT2D eigenvalue weighted by Crippen LogP contribution is 2.34. The van der Waals surface area contributed by atoms with Gasteiger partial charge in [0, 0.05) is 28.8 Å². The van der Waals surface area contributed by atoms with Crippen molar-refractivity contribution in [3.8, 4) is 0 Å². The molecule has 3 rings (SSSR count). The van der Waals surface area contributed by atoms with Crippen LogP contribution in [0.4, 0.5) is 4.39 Å². The third-order valence-electron chi connectivity index (χ3n) is 3.16. The van der Waals surface area contributed by atoms with E-state index in [9.17, 15) is 14.3 Å². The van der Waals surface area contributed by atoms with Gasteiger partial charge < -0.3 is 15.4 Å². The molecule has 1 aliphatic rings. The van der Waals surface area contributed by atoms with E-state index in [0.29, 0.717) is 34.5 Å². The molecule has 1 aromatic carbocycles. The van der Waals surface area contributed by atoms with Crippen LogP contribution >= 0.6 is 12.6 Å². The number of rotatable bonds is 1. The number of amides is 1. The smallest absolute Gasteiger partial charge is 0.256 e. The number of fused-ring (bicyclic) bond motifs is 1. The molecule has 2 aromatic rings. The fourth-order valence-electron chi connectivity index (χ4n) is 2.27. The zero-order valence-corrected chi connectivity index (χ0v) is 10.7. The predicted molar refractivity (Wildman–Crippen MR) is 72.7 cm³/mol. The van der Waals surface area contributed by atoms with Gasteiger partial charge in [-0.25, -0.2) is 4.39 Å². The van der Waals surface area contributed by atoms with Gasteiger partial charge in [0.15, 0.2) is 0 Å². The van der Waals surface area contributed by atoms with Crippen molar-refractivity contribution >= 4 is 35.0 Å². The van der Waals surface area contributed by atoms with Gasteiger partial charge in [-0.3, -0.25) is 4.79 Å². The van der Waals surface area contributed by atoms with Crippen LogP contribution in [-0.4, -0.2) is 22.5 Å². The first-order valence-corrected chi connectivity index (χ1v) is 6.24. The van der Waals surface area contributed by atoms with E-state index in [0.717, 1.165) is 0 Å². The van der Waals surface area contributed by atoms with Gasteiger partial charge in [-0.2, -0.15) is 0 Å². The molecule has 0 saturated heterocycles. The largest absolute Gasteiger partial charge is 0.511 e. The molecule has 6 heteroatoms. The first-order chi connectivity index (χ1) is 9.09. The summed E-state index contributed by atoms with van der Waals surface area (Å²) < 4.78 is 13.8. The lowest BCUT2D eigenvalue weighted by Crippen LogP contribution is -2.31. The number of carbonyl (C=O) groups excluding carboxylic acids is 1. The molecule has 0 spiro atoms. The summed E-state index contributed by atoms with van der Waals surface area (Å²) in [7, 11) is 0. The fourth-order valence-corrected chi connectivity index (χ4v) is 2.66. The van der Waals surface area contributed by atoms with E-state index < -0.39 is 5.82 Å². The van der Waals surface area contributed by atoms with Crippen molar-refractivity contribution in [1.82, 2.24) is 10.3 Å². The maximum atomic E-state index is 13.8. The zero-order valence-electron chi connectivity index (χ0n) is 9.83. The lowest BCUT2D eigenvalue weighted by Gasteiger charge is -2.16. The Bertz CT molecular complexity index is 721. The van der Waals surface area contributed by atoms with Gasteiger partial charge >= 0.3 is 0 Å². The van der Waals surface area contributed by atoms with Crippen molar-refractivity contribution in [2.45, 2.75) is 11.3 Å². The minimum Gasteiger partial charge on any atom is -0.511 e. The second-order valence-electron chi connectivity index (χ2n) is 4.34. The van der Waals surface area contributed by atoms with E-state index in [4.69, 9.17) is 0 Å². The third-order valence-corrected chi connectivity index (χ3v) is 3.61. The van der Waals surface area contributed by atoms with Crippen molar-refractivity contribution < 1.29 is 14.3 Å². The Morgan fingerprint density at radius 2 is 2.16 bits per heavy atom. The van der Waals surface area contributed by atoms with Gasteiger partial charge in [-0.15, -0.1) is 12.6 Å². The maximum Gasteiger partial charge on any atom is 0.256 e. The number of hydrogen-bond acceptors (Lipinski definition) is 3. The molecule has 0 fully saturated rings. The quantitative estimate of drug-likeness (QED) is 0.605. The van der Waals surface area contributed by atoms with E-state index in [1.807, 2.05) is 0 Å². The number of halogens is 1. The SMILES string of the molecule is O=C1NCCC(O)=C1c1[nH]c2cccc(F)c2c1S. The van der Waals surface area contributed by atoms with Crippen LogP contribution in [0.5, 0.6) is 0 Å². The molecule has 3 N–H and O–H groups in total. The Hall–Kier alpha value is -1.95. The Morgan fingerprint density at radius 3 is 2.84 bits per heavy atom. The van der Waals surface area contributed by atoms with Gasteiger partial charge in [0.1, 0.15) is 17.1 Å². The van der Waals surface area contributed by atoms with Gasteiger partial charge in [0.2, 0.25) is 0 Å². The highest BCUT2D eigenvalue weighted by atomic mass is 32.1. The molecule has 19 heavy (non-hydrogen) atoms. The summed E-state index contributed by atoms with van der Waals surface area (Å²) in [4.78, 5) is 15.1. The van der Waals surface area contributed by atoms with E-state index in [1.54, 1.807) is 12.1 Å². The summed E-state index contributed by atoms with van der Waals surface area (Å²) in [6.45, 7) is 0.394. The van der Waals surface area contributed by atoms with Crippen LogP contribution in [0.1, 0.15) is 12.1 Å². The number of H-pyrrole nitrogens is 1. The number of thiol groups is 1. The molecule has 1 aliphatic heterocycles. The molecule has 1 aromatic heterocycles. The molecule has 0 unspecified atom stereocenters. The first-order valence-electron chi connectivity index (χ1n) is 5.79. The summed E-state index contributed by atoms with van der Waals surface area (Å²) in [6, 6.07) is 4.59. The number of benzene rings is 1. The van der Waals surface area contributed by atoms with Crippen molar-refractivity contribution in [2.24, 2.45) is 0 Å². The lowest BCUT2D eigenvalue weighted by molar-refractivity contribution is -0.116. The van der Waals surface area contributed by atoms with E-state index >= 15 is 0 Å². The van der Waals surface area contributed by atoms with Crippen LogP contribution in [0, 0.1) is 5.82 Å². The maximum absolute atomic E-state index is 13.8. The Kier molecular flexibility index (Phi) is 2.74. The standard InChI is InChI=1S/C13H11FN2O2S/c14-6-2-1-3-7-9(6)12(19)11(16-7)10-8(17)4-5-15-13(10)18/h1-3,16-17,19H,4-5H2,(H,15,18). The van der Waals surface area contributed by atoms with Crippen LogP contribution in [-0.2, 0) is 4.79 Å². The Morgan fingerprint density at radius 1 is 1.37 bits per heavy atom. The van der Waals surface area contributed by atoms with Crippen LogP contribution in [0.25, 0.3) is 16.5 Å². The average Bonchev–Trinajstić information content (AvgIpc) is 2.68. The minimum absolute atomic E-state index is 0.00832. The van der Waals surface area contributed by atoms with Crippen molar-refractivity contribution in [1.29, 1.82) is 0 Å². The van der Waals surface area contributed by atoms with Gasteiger partial charge in [0.25, 0.3) is 5.91 Å². The van der Waals surface area contributed by atoms with Crippen molar-refractivity contribution in [2.75, 3.05) is 6.54 Å². The fraction of sp³-hybridized carbons (Fsp3) is 0.154. The molecular formula is C13H11FN2O2S. The third kappa shape index (κ3) is 1.79. The average molecular weight is 278 g/mol. The highest BCUT2D eigenvalue weighted by Gasteiger charge is 2.26. The zero-order chi connectivity index (χ0) is 13.6. The normalized spacial score (nSPS) is 16.0. The number of aromatic amines is 1. The second-order valence-corrected chi connectivity index (χ2v) is 4.79. The topological polar surface area (TPSA) is 65.1 Å². The van der Waals surface area contributed by atoms with Crippen molar-refractivity contribution in [3.63, 3.8) is 0 Å². The molecular weight excluding hydrogens is 267 g/mol. The summed E-state index contributed by atoms with van der Waals surface area (Å²) in [5.74, 6) is -0.807. The number of aliphatic hydroxyl groups excluding tert-OH is 1. The molecule has 0 bridgehead atoms. The number of nitrogens with one attached hydrogen (secondary N) is 2. The Labute approximate surface area is 113 Å². The van der Waals surface area contributed by atoms with Crippen LogP contribution in [0.2, 0.25) is 0 Å². The Balaban J connectivity index is 2.29. The number of carbonyl (C=O) groups is 1. The molecule has 0 radical (unpaired) electrons. The summed E-state index contributed by atoms with van der Waals surface area (Å²) in [5.41, 5.74) is 1.02. The molecule has 0 saturated carbocycles. The lowest BCUT2D eigenvalue weighted by atomic mass is 10.1. The van der Waals surface area contributed by atoms with E-state index in [1.165, 1.54) is 6.07 Å². The van der Waals surface area contributed by atoms with Gasteiger partial charge in [-0.1, -0.05) is 6.07 Å². The predicted octanol–water partition coefficient (Wildman–Crippen LogP) is 2.38. The second kappa shape index (κ2) is 4.31. The number of hydrogen-bond donors (Lipinski definition) is 4. The molecule has 0 aliphatic carbocycles. The summed E-state index contributed by atoms with van der Waals surface area (Å²) in [6.07, 6.45) is 0.353. The van der Waals surface area contributed by atoms with Gasteiger partial charge in [0.05, 0.1) is 5.69 Å². The molecule has 4 nitrogen and oxygen atoms in total. The monoisotopic (exact) mass is 278 g/mol. The molecule has 2 heterocycles. The highest BCUT2D eigenvalue weighted by molar-refractivity contribution is 7.80. The first kappa shape index (κ1) is 12.1. The number of aliphatic hydroxyl groups is 1. The van der Waals surface area contributed by atoms with Crippen LogP contribution in [0.3, 0.4) is 0 Å².